The van der Waals surface area contributed by atoms with Gasteiger partial charge in [0.05, 0.1) is 7.11 Å². The molecule has 1 aromatic heterocycles. The second kappa shape index (κ2) is 12.4. The predicted molar refractivity (Wildman–Crippen MR) is 122 cm³/mol. The number of methoxy groups -OCH3 is 1. The topological polar surface area (TPSA) is 64.6 Å². The van der Waals surface area contributed by atoms with Gasteiger partial charge in [-0.05, 0) is 48.8 Å². The Morgan fingerprint density at radius 2 is 1.70 bits per heavy atom. The molecule has 1 aromatic carbocycles. The van der Waals surface area contributed by atoms with E-state index in [2.05, 4.69) is 26.1 Å². The summed E-state index contributed by atoms with van der Waals surface area (Å²) in [7, 11) is 1.34. The average Bonchev–Trinajstić information content (AvgIpc) is 3.25. The highest BCUT2D eigenvalue weighted by molar-refractivity contribution is 7.12. The molecule has 6 heteroatoms. The number of thiophene rings is 1. The smallest absolute Gasteiger partial charge is 0.348 e. The van der Waals surface area contributed by atoms with Gasteiger partial charge in [-0.3, -0.25) is 0 Å². The van der Waals surface area contributed by atoms with Crippen LogP contribution in [0.25, 0.3) is 0 Å². The maximum absolute atomic E-state index is 13.4. The number of rotatable bonds is 12. The Kier molecular flexibility index (Phi) is 9.87. The van der Waals surface area contributed by atoms with E-state index in [0.29, 0.717) is 16.4 Å². The van der Waals surface area contributed by atoms with Gasteiger partial charge in [0.1, 0.15) is 11.0 Å². The standard InChI is InChI=1S/C24H33NO4S/c1-5-11-17(12-6-2)20(7-3)29-23(26)21(25-18-13-9-8-10-14-18)19-15-16-30-22(19)24(27)28-4/h8-10,13-17,20-21,25H,5-7,11-12H2,1-4H3/t20-,21+/m0/s1. The van der Waals surface area contributed by atoms with E-state index < -0.39 is 12.0 Å². The van der Waals surface area contributed by atoms with Gasteiger partial charge in [-0.25, -0.2) is 9.59 Å². The summed E-state index contributed by atoms with van der Waals surface area (Å²) >= 11 is 1.26. The molecule has 1 N–H and O–H groups in total. The quantitative estimate of drug-likeness (QED) is 0.404. The highest BCUT2D eigenvalue weighted by atomic mass is 32.1. The van der Waals surface area contributed by atoms with Crippen molar-refractivity contribution in [3.8, 4) is 0 Å². The molecule has 5 nitrogen and oxygen atoms in total. The molecule has 0 aliphatic carbocycles. The zero-order chi connectivity index (χ0) is 21.9. The number of benzene rings is 1. The van der Waals surface area contributed by atoms with Crippen LogP contribution < -0.4 is 5.32 Å². The SMILES string of the molecule is CCCC(CCC)[C@H](CC)OC(=O)[C@H](Nc1ccccc1)c1ccsc1C(=O)OC. The molecule has 0 saturated heterocycles. The normalized spacial score (nSPS) is 13.0. The molecule has 30 heavy (non-hydrogen) atoms. The molecule has 1 heterocycles. The molecule has 2 atom stereocenters. The van der Waals surface area contributed by atoms with Crippen LogP contribution in [-0.2, 0) is 14.3 Å². The maximum Gasteiger partial charge on any atom is 0.348 e. The molecule has 2 aromatic rings. The lowest BCUT2D eigenvalue weighted by atomic mass is 9.91. The summed E-state index contributed by atoms with van der Waals surface area (Å²) in [4.78, 5) is 26.0. The fraction of sp³-hybridized carbons (Fsp3) is 0.500. The summed E-state index contributed by atoms with van der Waals surface area (Å²) in [5.41, 5.74) is 1.37. The molecule has 2 rings (SSSR count). The van der Waals surface area contributed by atoms with Crippen LogP contribution in [0.3, 0.4) is 0 Å². The lowest BCUT2D eigenvalue weighted by Crippen LogP contribution is -2.32. The van der Waals surface area contributed by atoms with Crippen LogP contribution in [0.4, 0.5) is 5.69 Å². The maximum atomic E-state index is 13.4. The minimum atomic E-state index is -0.786. The molecule has 0 amide bonds. The fourth-order valence-corrected chi connectivity index (χ4v) is 4.61. The number of carbonyl (C=O) groups is 2. The van der Waals surface area contributed by atoms with Gasteiger partial charge in [-0.15, -0.1) is 11.3 Å². The van der Waals surface area contributed by atoms with Gasteiger partial charge in [0, 0.05) is 11.3 Å². The molecule has 0 bridgehead atoms. The molecule has 0 unspecified atom stereocenters. The number of hydrogen-bond donors (Lipinski definition) is 1. The minimum absolute atomic E-state index is 0.141. The van der Waals surface area contributed by atoms with Crippen LogP contribution in [-0.4, -0.2) is 25.2 Å². The van der Waals surface area contributed by atoms with Crippen LogP contribution in [0.1, 0.15) is 74.2 Å². The second-order valence-electron chi connectivity index (χ2n) is 7.36. The summed E-state index contributed by atoms with van der Waals surface area (Å²) in [5.74, 6) is -0.477. The first-order valence-corrected chi connectivity index (χ1v) is 11.6. The number of anilines is 1. The summed E-state index contributed by atoms with van der Waals surface area (Å²) in [6.07, 6.45) is 4.80. The zero-order valence-electron chi connectivity index (χ0n) is 18.4. The van der Waals surface area contributed by atoms with Crippen LogP contribution in [0.5, 0.6) is 0 Å². The van der Waals surface area contributed by atoms with Crippen molar-refractivity contribution >= 4 is 29.0 Å². The third-order valence-corrected chi connectivity index (χ3v) is 6.12. The second-order valence-corrected chi connectivity index (χ2v) is 8.28. The number of esters is 2. The summed E-state index contributed by atoms with van der Waals surface area (Å²) < 4.78 is 11.0. The van der Waals surface area contributed by atoms with Crippen LogP contribution in [0.2, 0.25) is 0 Å². The van der Waals surface area contributed by atoms with E-state index in [0.717, 1.165) is 37.8 Å². The van der Waals surface area contributed by atoms with Crippen molar-refractivity contribution in [1.29, 1.82) is 0 Å². The number of nitrogens with one attached hydrogen (secondary N) is 1. The first-order valence-electron chi connectivity index (χ1n) is 10.7. The van der Waals surface area contributed by atoms with Crippen molar-refractivity contribution in [3.05, 3.63) is 52.2 Å². The van der Waals surface area contributed by atoms with Crippen LogP contribution >= 0.6 is 11.3 Å². The first kappa shape index (κ1) is 23.9. The van der Waals surface area contributed by atoms with Crippen LogP contribution in [0.15, 0.2) is 41.8 Å². The zero-order valence-corrected chi connectivity index (χ0v) is 19.2. The van der Waals surface area contributed by atoms with Gasteiger partial charge in [-0.2, -0.15) is 0 Å². The van der Waals surface area contributed by atoms with Crippen molar-refractivity contribution in [2.24, 2.45) is 5.92 Å². The predicted octanol–water partition coefficient (Wildman–Crippen LogP) is 6.23. The Bertz CT molecular complexity index is 784. The summed E-state index contributed by atoms with van der Waals surface area (Å²) in [6.45, 7) is 6.37. The summed E-state index contributed by atoms with van der Waals surface area (Å²) in [6, 6.07) is 10.5. The Labute approximate surface area is 183 Å². The van der Waals surface area contributed by atoms with Gasteiger partial charge in [0.15, 0.2) is 6.04 Å². The van der Waals surface area contributed by atoms with E-state index in [4.69, 9.17) is 9.47 Å². The van der Waals surface area contributed by atoms with Crippen LogP contribution in [0, 0.1) is 5.92 Å². The third kappa shape index (κ3) is 6.33. The molecular weight excluding hydrogens is 398 g/mol. The van der Waals surface area contributed by atoms with Gasteiger partial charge >= 0.3 is 11.9 Å². The highest BCUT2D eigenvalue weighted by Crippen LogP contribution is 2.31. The number of hydrogen-bond acceptors (Lipinski definition) is 6. The Morgan fingerprint density at radius 1 is 1.03 bits per heavy atom. The molecule has 0 radical (unpaired) electrons. The van der Waals surface area contributed by atoms with E-state index >= 15 is 0 Å². The Morgan fingerprint density at radius 3 is 2.27 bits per heavy atom. The van der Waals surface area contributed by atoms with Crippen molar-refractivity contribution in [2.45, 2.75) is 65.0 Å². The molecular formula is C24H33NO4S. The van der Waals surface area contributed by atoms with E-state index in [1.165, 1.54) is 18.4 Å². The van der Waals surface area contributed by atoms with E-state index in [-0.39, 0.29) is 12.1 Å². The van der Waals surface area contributed by atoms with Crippen molar-refractivity contribution in [3.63, 3.8) is 0 Å². The molecule has 0 spiro atoms. The molecule has 0 aliphatic heterocycles. The fourth-order valence-electron chi connectivity index (χ4n) is 3.76. The van der Waals surface area contributed by atoms with Crippen molar-refractivity contribution in [2.75, 3.05) is 12.4 Å². The monoisotopic (exact) mass is 431 g/mol. The number of ether oxygens (including phenoxy) is 2. The minimum Gasteiger partial charge on any atom is -0.465 e. The molecule has 0 aliphatic rings. The molecule has 0 fully saturated rings. The average molecular weight is 432 g/mol. The highest BCUT2D eigenvalue weighted by Gasteiger charge is 2.32. The van der Waals surface area contributed by atoms with Crippen molar-refractivity contribution < 1.29 is 19.1 Å². The Balaban J connectivity index is 2.32. The van der Waals surface area contributed by atoms with Gasteiger partial charge in [-0.1, -0.05) is 51.8 Å². The lowest BCUT2D eigenvalue weighted by molar-refractivity contribution is -0.153. The van der Waals surface area contributed by atoms with E-state index in [1.807, 2.05) is 30.3 Å². The number of para-hydroxylation sites is 1. The van der Waals surface area contributed by atoms with Gasteiger partial charge in [0.2, 0.25) is 0 Å². The third-order valence-electron chi connectivity index (χ3n) is 5.21. The number of carbonyl (C=O) groups excluding carboxylic acids is 2. The largest absolute Gasteiger partial charge is 0.465 e. The van der Waals surface area contributed by atoms with Gasteiger partial charge in [0.25, 0.3) is 0 Å². The summed E-state index contributed by atoms with van der Waals surface area (Å²) in [5, 5.41) is 5.05. The first-order chi connectivity index (χ1) is 14.5. The molecule has 0 saturated carbocycles. The van der Waals surface area contributed by atoms with E-state index in [1.54, 1.807) is 11.4 Å². The van der Waals surface area contributed by atoms with Gasteiger partial charge < -0.3 is 14.8 Å². The van der Waals surface area contributed by atoms with Crippen molar-refractivity contribution in [1.82, 2.24) is 0 Å². The Hall–Kier alpha value is -2.34. The molecule has 164 valence electrons. The lowest BCUT2D eigenvalue weighted by Gasteiger charge is -2.28. The van der Waals surface area contributed by atoms with E-state index in [9.17, 15) is 9.59 Å².